The lowest BCUT2D eigenvalue weighted by atomic mass is 9.99. The van der Waals surface area contributed by atoms with Crippen molar-refractivity contribution in [3.63, 3.8) is 0 Å². The highest BCUT2D eigenvalue weighted by atomic mass is 16.5. The molecule has 0 saturated heterocycles. The number of nitrogens with one attached hydrogen (secondary N) is 2. The number of aryl methyl sites for hydroxylation is 1. The van der Waals surface area contributed by atoms with Crippen LogP contribution in [0, 0.1) is 13.8 Å². The van der Waals surface area contributed by atoms with E-state index in [9.17, 15) is 9.59 Å². The SMILES string of the molecule is CCC1=C(C)/C(=C/c2[nH]c(C)c(C(=O)CCCCC(=O)OC)c2C)N=C1c1ccc[nH]1. The molecule has 31 heavy (non-hydrogen) atoms. The maximum absolute atomic E-state index is 12.8. The van der Waals surface area contributed by atoms with Crippen LogP contribution >= 0.6 is 0 Å². The smallest absolute Gasteiger partial charge is 0.305 e. The number of H-pyrrole nitrogens is 2. The van der Waals surface area contributed by atoms with Crippen LogP contribution in [0.1, 0.15) is 79.0 Å². The highest BCUT2D eigenvalue weighted by Crippen LogP contribution is 2.32. The molecule has 1 aliphatic rings. The number of ether oxygens (including phenoxy) is 1. The molecule has 0 radical (unpaired) electrons. The van der Waals surface area contributed by atoms with E-state index >= 15 is 0 Å². The van der Waals surface area contributed by atoms with Gasteiger partial charge >= 0.3 is 5.97 Å². The molecule has 6 heteroatoms. The fourth-order valence-electron chi connectivity index (χ4n) is 4.13. The van der Waals surface area contributed by atoms with Crippen molar-refractivity contribution in [2.24, 2.45) is 4.99 Å². The van der Waals surface area contributed by atoms with Crippen molar-refractivity contribution in [3.8, 4) is 0 Å². The van der Waals surface area contributed by atoms with Gasteiger partial charge in [-0.1, -0.05) is 6.92 Å². The zero-order valence-electron chi connectivity index (χ0n) is 19.0. The summed E-state index contributed by atoms with van der Waals surface area (Å²) in [5.41, 5.74) is 8.78. The molecule has 6 nitrogen and oxygen atoms in total. The van der Waals surface area contributed by atoms with Gasteiger partial charge in [0.15, 0.2) is 5.78 Å². The third-order valence-corrected chi connectivity index (χ3v) is 5.86. The Balaban J connectivity index is 1.82. The summed E-state index contributed by atoms with van der Waals surface area (Å²) < 4.78 is 4.65. The molecule has 0 fully saturated rings. The topological polar surface area (TPSA) is 87.3 Å². The maximum atomic E-state index is 12.8. The minimum Gasteiger partial charge on any atom is -0.469 e. The van der Waals surface area contributed by atoms with Crippen molar-refractivity contribution in [1.82, 2.24) is 9.97 Å². The van der Waals surface area contributed by atoms with Crippen LogP contribution in [0.4, 0.5) is 0 Å². The van der Waals surface area contributed by atoms with Crippen LogP contribution in [0.3, 0.4) is 0 Å². The first-order chi connectivity index (χ1) is 14.9. The van der Waals surface area contributed by atoms with Gasteiger partial charge < -0.3 is 14.7 Å². The molecule has 0 aliphatic carbocycles. The van der Waals surface area contributed by atoms with Crippen LogP contribution in [-0.4, -0.2) is 34.5 Å². The van der Waals surface area contributed by atoms with E-state index in [4.69, 9.17) is 4.99 Å². The van der Waals surface area contributed by atoms with Crippen molar-refractivity contribution in [2.75, 3.05) is 7.11 Å². The summed E-state index contributed by atoms with van der Waals surface area (Å²) in [6.45, 7) is 8.14. The lowest BCUT2D eigenvalue weighted by Crippen LogP contribution is -2.04. The van der Waals surface area contributed by atoms with Gasteiger partial charge in [0.1, 0.15) is 0 Å². The molecule has 0 atom stereocenters. The van der Waals surface area contributed by atoms with Gasteiger partial charge in [-0.25, -0.2) is 4.99 Å². The zero-order valence-corrected chi connectivity index (χ0v) is 19.0. The maximum Gasteiger partial charge on any atom is 0.305 e. The summed E-state index contributed by atoms with van der Waals surface area (Å²) in [6.07, 6.45) is 6.93. The van der Waals surface area contributed by atoms with Crippen molar-refractivity contribution in [1.29, 1.82) is 0 Å². The first-order valence-corrected chi connectivity index (χ1v) is 10.8. The highest BCUT2D eigenvalue weighted by molar-refractivity contribution is 6.15. The number of rotatable bonds is 9. The standard InChI is InChI=1S/C25H31N3O3/c1-6-18-15(2)20(28-25(18)19-10-9-13-26-19)14-21-16(3)24(17(4)27-21)22(29)11-7-8-12-23(30)31-5/h9-10,13-14,26-27H,6-8,11-12H2,1-5H3/b20-14-. The summed E-state index contributed by atoms with van der Waals surface area (Å²) >= 11 is 0. The second-order valence-corrected chi connectivity index (χ2v) is 7.90. The van der Waals surface area contributed by atoms with Crippen molar-refractivity contribution < 1.29 is 14.3 Å². The number of hydrogen-bond donors (Lipinski definition) is 2. The molecule has 2 N–H and O–H groups in total. The Labute approximate surface area is 183 Å². The van der Waals surface area contributed by atoms with E-state index in [-0.39, 0.29) is 11.8 Å². The fourth-order valence-corrected chi connectivity index (χ4v) is 4.13. The lowest BCUT2D eigenvalue weighted by Gasteiger charge is -2.03. The number of Topliss-reactive ketones (excluding diaryl/α,β-unsaturated/α-hetero) is 1. The van der Waals surface area contributed by atoms with Gasteiger partial charge in [-0.15, -0.1) is 0 Å². The van der Waals surface area contributed by atoms with E-state index in [1.165, 1.54) is 12.7 Å². The van der Waals surface area contributed by atoms with Gasteiger partial charge in [0.25, 0.3) is 0 Å². The molecule has 0 aromatic carbocycles. The van der Waals surface area contributed by atoms with Crippen molar-refractivity contribution in [2.45, 2.75) is 59.8 Å². The Morgan fingerprint density at radius 2 is 1.90 bits per heavy atom. The van der Waals surface area contributed by atoms with Gasteiger partial charge in [0, 0.05) is 36.0 Å². The number of allylic oxidation sites excluding steroid dienone is 2. The summed E-state index contributed by atoms with van der Waals surface area (Å²) in [5.74, 6) is -0.134. The molecular formula is C25H31N3O3. The van der Waals surface area contributed by atoms with Gasteiger partial charge in [-0.05, 0) is 75.0 Å². The predicted molar refractivity (Wildman–Crippen MR) is 123 cm³/mol. The summed E-state index contributed by atoms with van der Waals surface area (Å²) in [4.78, 5) is 35.6. The second-order valence-electron chi connectivity index (χ2n) is 7.90. The van der Waals surface area contributed by atoms with E-state index in [1.54, 1.807) is 0 Å². The van der Waals surface area contributed by atoms with Gasteiger partial charge in [0.05, 0.1) is 24.2 Å². The monoisotopic (exact) mass is 421 g/mol. The number of aromatic nitrogens is 2. The zero-order chi connectivity index (χ0) is 22.5. The van der Waals surface area contributed by atoms with Crippen LogP contribution in [0.5, 0.6) is 0 Å². The normalized spacial score (nSPS) is 15.0. The Bertz CT molecular complexity index is 1070. The third kappa shape index (κ3) is 4.79. The van der Waals surface area contributed by atoms with E-state index < -0.39 is 0 Å². The minimum atomic E-state index is -0.235. The number of carbonyl (C=O) groups excluding carboxylic acids is 2. The molecule has 0 amide bonds. The number of ketones is 1. The van der Waals surface area contributed by atoms with Gasteiger partial charge in [-0.3, -0.25) is 9.59 Å². The molecule has 2 aromatic rings. The molecule has 1 aliphatic heterocycles. The molecule has 2 aromatic heterocycles. The summed E-state index contributed by atoms with van der Waals surface area (Å²) in [7, 11) is 1.38. The highest BCUT2D eigenvalue weighted by Gasteiger charge is 2.23. The van der Waals surface area contributed by atoms with Crippen LogP contribution in [-0.2, 0) is 9.53 Å². The van der Waals surface area contributed by atoms with Gasteiger partial charge in [-0.2, -0.15) is 0 Å². The number of carbonyl (C=O) groups is 2. The minimum absolute atomic E-state index is 0.101. The Kier molecular flexibility index (Phi) is 7.10. The lowest BCUT2D eigenvalue weighted by molar-refractivity contribution is -0.140. The number of aromatic amines is 2. The van der Waals surface area contributed by atoms with Crippen LogP contribution in [0.25, 0.3) is 6.08 Å². The average molecular weight is 422 g/mol. The summed E-state index contributed by atoms with van der Waals surface area (Å²) in [5, 5.41) is 0. The fraction of sp³-hybridized carbons (Fsp3) is 0.400. The molecular weight excluding hydrogens is 390 g/mol. The average Bonchev–Trinajstić information content (AvgIpc) is 3.44. The molecule has 3 heterocycles. The summed E-state index contributed by atoms with van der Waals surface area (Å²) in [6, 6.07) is 4.01. The quantitative estimate of drug-likeness (QED) is 0.321. The van der Waals surface area contributed by atoms with E-state index in [0.29, 0.717) is 25.7 Å². The molecule has 164 valence electrons. The van der Waals surface area contributed by atoms with Crippen molar-refractivity contribution >= 4 is 23.5 Å². The van der Waals surface area contributed by atoms with Crippen LogP contribution in [0.15, 0.2) is 40.2 Å². The number of aliphatic imine (C=N–C) groups is 1. The number of esters is 1. The number of methoxy groups -OCH3 is 1. The first kappa shape index (κ1) is 22.5. The first-order valence-electron chi connectivity index (χ1n) is 10.8. The number of nitrogens with zero attached hydrogens (tertiary/aromatic N) is 1. The number of unbranched alkanes of at least 4 members (excludes halogenated alkanes) is 1. The molecule has 0 unspecified atom stereocenters. The largest absolute Gasteiger partial charge is 0.469 e. The number of hydrogen-bond acceptors (Lipinski definition) is 4. The van der Waals surface area contributed by atoms with E-state index in [1.807, 2.05) is 38.3 Å². The van der Waals surface area contributed by atoms with Crippen molar-refractivity contribution in [3.05, 3.63) is 63.4 Å². The molecule has 0 saturated carbocycles. The van der Waals surface area contributed by atoms with E-state index in [2.05, 4.69) is 28.6 Å². The Morgan fingerprint density at radius 3 is 2.55 bits per heavy atom. The van der Waals surface area contributed by atoms with Crippen LogP contribution < -0.4 is 0 Å². The predicted octanol–water partition coefficient (Wildman–Crippen LogP) is 5.45. The molecule has 3 rings (SSSR count). The Hall–Kier alpha value is -3.15. The molecule has 0 spiro atoms. The second kappa shape index (κ2) is 9.77. The third-order valence-electron chi connectivity index (χ3n) is 5.86. The van der Waals surface area contributed by atoms with E-state index in [0.717, 1.165) is 51.6 Å². The Morgan fingerprint density at radius 1 is 1.16 bits per heavy atom. The molecule has 0 bridgehead atoms. The van der Waals surface area contributed by atoms with Crippen LogP contribution in [0.2, 0.25) is 0 Å². The van der Waals surface area contributed by atoms with Gasteiger partial charge in [0.2, 0.25) is 0 Å².